The summed E-state index contributed by atoms with van der Waals surface area (Å²) in [7, 11) is 1.74. The van der Waals surface area contributed by atoms with Crippen LogP contribution in [0.5, 0.6) is 0 Å². The molecule has 1 fully saturated rings. The van der Waals surface area contributed by atoms with Gasteiger partial charge in [0.15, 0.2) is 0 Å². The topological polar surface area (TPSA) is 78.9 Å². The molecule has 1 aliphatic rings. The second-order valence-corrected chi connectivity index (χ2v) is 5.11. The number of hydrogen-bond donors (Lipinski definition) is 2. The lowest BCUT2D eigenvalue weighted by atomic mass is 10.1. The van der Waals surface area contributed by atoms with Crippen LogP contribution in [-0.2, 0) is 16.0 Å². The van der Waals surface area contributed by atoms with Crippen molar-refractivity contribution >= 4 is 17.7 Å². The number of carbonyl (C=O) groups is 2. The molecule has 1 aromatic carbocycles. The smallest absolute Gasteiger partial charge is 0.321 e. The maximum absolute atomic E-state index is 12.2. The molecule has 1 aliphatic heterocycles. The highest BCUT2D eigenvalue weighted by atomic mass is 16.5. The monoisotopic (exact) mass is 292 g/mol. The van der Waals surface area contributed by atoms with Crippen LogP contribution in [0.2, 0.25) is 0 Å². The van der Waals surface area contributed by atoms with Crippen LogP contribution in [0.3, 0.4) is 0 Å². The van der Waals surface area contributed by atoms with Gasteiger partial charge in [-0.3, -0.25) is 4.79 Å². The Labute approximate surface area is 123 Å². The molecule has 1 saturated heterocycles. The third kappa shape index (κ3) is 4.19. The number of urea groups is 1. The lowest BCUT2D eigenvalue weighted by Crippen LogP contribution is -2.40. The Morgan fingerprint density at radius 1 is 1.43 bits per heavy atom. The number of aliphatic carboxylic acids is 1. The minimum absolute atomic E-state index is 0.0409. The molecule has 0 radical (unpaired) electrons. The second-order valence-electron chi connectivity index (χ2n) is 5.11. The van der Waals surface area contributed by atoms with Crippen molar-refractivity contribution in [3.8, 4) is 0 Å². The molecule has 1 heterocycles. The first-order valence-electron chi connectivity index (χ1n) is 6.99. The zero-order chi connectivity index (χ0) is 15.2. The van der Waals surface area contributed by atoms with E-state index in [-0.39, 0.29) is 18.5 Å². The number of carbonyl (C=O) groups excluding carboxylic acids is 1. The van der Waals surface area contributed by atoms with E-state index in [1.54, 1.807) is 18.0 Å². The summed E-state index contributed by atoms with van der Waals surface area (Å²) in [5.41, 5.74) is 1.49. The Morgan fingerprint density at radius 2 is 2.19 bits per heavy atom. The van der Waals surface area contributed by atoms with Crippen LogP contribution in [0.25, 0.3) is 0 Å². The van der Waals surface area contributed by atoms with Gasteiger partial charge in [0.2, 0.25) is 0 Å². The summed E-state index contributed by atoms with van der Waals surface area (Å²) in [4.78, 5) is 24.6. The summed E-state index contributed by atoms with van der Waals surface area (Å²) in [5, 5.41) is 11.6. The van der Waals surface area contributed by atoms with Crippen molar-refractivity contribution in [1.82, 2.24) is 4.90 Å². The van der Waals surface area contributed by atoms with Crippen molar-refractivity contribution < 1.29 is 19.4 Å². The Morgan fingerprint density at radius 3 is 2.86 bits per heavy atom. The third-order valence-electron chi connectivity index (χ3n) is 3.64. The van der Waals surface area contributed by atoms with Gasteiger partial charge in [-0.25, -0.2) is 4.79 Å². The van der Waals surface area contributed by atoms with Crippen molar-refractivity contribution in [2.45, 2.75) is 25.3 Å². The van der Waals surface area contributed by atoms with Gasteiger partial charge in [0.25, 0.3) is 0 Å². The molecule has 6 heteroatoms. The molecule has 2 amide bonds. The molecule has 1 aromatic rings. The minimum atomic E-state index is -0.851. The van der Waals surface area contributed by atoms with Gasteiger partial charge in [0, 0.05) is 25.8 Å². The fraction of sp³-hybridized carbons (Fsp3) is 0.467. The molecule has 0 saturated carbocycles. The van der Waals surface area contributed by atoms with Gasteiger partial charge in [-0.2, -0.15) is 0 Å². The molecule has 1 atom stereocenters. The largest absolute Gasteiger partial charge is 0.481 e. The first-order valence-corrected chi connectivity index (χ1v) is 6.99. The van der Waals surface area contributed by atoms with Crippen molar-refractivity contribution in [2.24, 2.45) is 0 Å². The quantitative estimate of drug-likeness (QED) is 0.869. The summed E-state index contributed by atoms with van der Waals surface area (Å²) in [6, 6.07) is 7.16. The number of para-hydroxylation sites is 1. The van der Waals surface area contributed by atoms with Gasteiger partial charge >= 0.3 is 12.0 Å². The number of benzene rings is 1. The lowest BCUT2D eigenvalue weighted by Gasteiger charge is -2.24. The lowest BCUT2D eigenvalue weighted by molar-refractivity contribution is -0.136. The number of ether oxygens (including phenoxy) is 1. The Kier molecular flexibility index (Phi) is 5.16. The Hall–Kier alpha value is -2.08. The number of carboxylic acid groups (broad SMARTS) is 1. The number of amides is 2. The van der Waals surface area contributed by atoms with Gasteiger partial charge in [-0.15, -0.1) is 0 Å². The molecular weight excluding hydrogens is 272 g/mol. The summed E-state index contributed by atoms with van der Waals surface area (Å²) in [6.07, 6.45) is 1.27. The molecule has 2 N–H and O–H groups in total. The molecular formula is C15H20N2O4. The van der Waals surface area contributed by atoms with Crippen molar-refractivity contribution in [1.29, 1.82) is 0 Å². The zero-order valence-electron chi connectivity index (χ0n) is 12.0. The van der Waals surface area contributed by atoms with E-state index in [0.717, 1.165) is 12.0 Å². The summed E-state index contributed by atoms with van der Waals surface area (Å²) >= 11 is 0. The van der Waals surface area contributed by atoms with E-state index in [2.05, 4.69) is 5.32 Å². The van der Waals surface area contributed by atoms with Crippen molar-refractivity contribution in [3.05, 3.63) is 29.8 Å². The van der Waals surface area contributed by atoms with E-state index in [9.17, 15) is 9.59 Å². The summed E-state index contributed by atoms with van der Waals surface area (Å²) < 4.78 is 5.28. The highest BCUT2D eigenvalue weighted by Gasteiger charge is 2.24. The van der Waals surface area contributed by atoms with Gasteiger partial charge in [-0.05, 0) is 24.5 Å². The maximum atomic E-state index is 12.2. The van der Waals surface area contributed by atoms with E-state index < -0.39 is 5.97 Å². The molecule has 2 rings (SSSR count). The van der Waals surface area contributed by atoms with Crippen LogP contribution in [-0.4, -0.2) is 48.3 Å². The van der Waals surface area contributed by atoms with E-state index in [0.29, 0.717) is 25.3 Å². The first-order chi connectivity index (χ1) is 10.1. The number of aryl methyl sites for hydroxylation is 1. The van der Waals surface area contributed by atoms with Crippen LogP contribution in [0.15, 0.2) is 24.3 Å². The predicted octanol–water partition coefficient (Wildman–Crippen LogP) is 1.96. The number of anilines is 1. The first kappa shape index (κ1) is 15.3. The Bertz CT molecular complexity index is 512. The molecule has 0 aliphatic carbocycles. The van der Waals surface area contributed by atoms with Crippen LogP contribution in [0, 0.1) is 0 Å². The summed E-state index contributed by atoms with van der Waals surface area (Å²) in [6.45, 7) is 1.24. The van der Waals surface area contributed by atoms with Gasteiger partial charge in [0.05, 0.1) is 12.6 Å². The van der Waals surface area contributed by atoms with E-state index in [4.69, 9.17) is 9.84 Å². The Balaban J connectivity index is 2.00. The van der Waals surface area contributed by atoms with Crippen LogP contribution < -0.4 is 5.32 Å². The number of nitrogens with one attached hydrogen (secondary N) is 1. The zero-order valence-corrected chi connectivity index (χ0v) is 12.0. The second kappa shape index (κ2) is 7.08. The maximum Gasteiger partial charge on any atom is 0.321 e. The highest BCUT2D eigenvalue weighted by Crippen LogP contribution is 2.18. The summed E-state index contributed by atoms with van der Waals surface area (Å²) in [5.74, 6) is -0.851. The molecule has 21 heavy (non-hydrogen) atoms. The fourth-order valence-electron chi connectivity index (χ4n) is 2.30. The number of likely N-dealkylation sites (N-methyl/N-ethyl adjacent to an activating group) is 1. The fourth-order valence-corrected chi connectivity index (χ4v) is 2.30. The van der Waals surface area contributed by atoms with E-state index in [1.807, 2.05) is 18.2 Å². The normalized spacial score (nSPS) is 17.5. The van der Waals surface area contributed by atoms with Crippen LogP contribution in [0.4, 0.5) is 10.5 Å². The molecule has 6 nitrogen and oxygen atoms in total. The number of hydrogen-bond acceptors (Lipinski definition) is 3. The molecule has 114 valence electrons. The van der Waals surface area contributed by atoms with E-state index in [1.165, 1.54) is 0 Å². The highest BCUT2D eigenvalue weighted by molar-refractivity contribution is 5.90. The SMILES string of the molecule is CN(C(=O)Nc1ccccc1CCC(=O)O)C1CCOC1. The standard InChI is InChI=1S/C15H20N2O4/c1-17(12-8-9-21-10-12)15(20)16-13-5-3-2-4-11(13)6-7-14(18)19/h2-5,12H,6-10H2,1H3,(H,16,20)(H,18,19). The average Bonchev–Trinajstić information content (AvgIpc) is 2.99. The van der Waals surface area contributed by atoms with Crippen LogP contribution in [0.1, 0.15) is 18.4 Å². The molecule has 1 unspecified atom stereocenters. The van der Waals surface area contributed by atoms with Crippen molar-refractivity contribution in [2.75, 3.05) is 25.6 Å². The molecule has 0 spiro atoms. The van der Waals surface area contributed by atoms with E-state index >= 15 is 0 Å². The predicted molar refractivity (Wildman–Crippen MR) is 78.4 cm³/mol. The van der Waals surface area contributed by atoms with Crippen LogP contribution >= 0.6 is 0 Å². The van der Waals surface area contributed by atoms with Gasteiger partial charge in [0.1, 0.15) is 0 Å². The number of rotatable bonds is 5. The number of nitrogens with zero attached hydrogens (tertiary/aromatic N) is 1. The molecule has 0 aromatic heterocycles. The number of carboxylic acids is 1. The third-order valence-corrected chi connectivity index (χ3v) is 3.64. The minimum Gasteiger partial charge on any atom is -0.481 e. The van der Waals surface area contributed by atoms with Gasteiger partial charge < -0.3 is 20.1 Å². The van der Waals surface area contributed by atoms with Crippen molar-refractivity contribution in [3.63, 3.8) is 0 Å². The van der Waals surface area contributed by atoms with Gasteiger partial charge in [-0.1, -0.05) is 18.2 Å². The molecule has 0 bridgehead atoms. The average molecular weight is 292 g/mol.